The zero-order valence-electron chi connectivity index (χ0n) is 17.1. The summed E-state index contributed by atoms with van der Waals surface area (Å²) >= 11 is 0. The molecule has 3 aromatic heterocycles. The largest absolute Gasteiger partial charge is 0.381 e. The second-order valence-electron chi connectivity index (χ2n) is 7.67. The quantitative estimate of drug-likeness (QED) is 0.690. The van der Waals surface area contributed by atoms with Gasteiger partial charge in [0.25, 0.3) is 0 Å². The Morgan fingerprint density at radius 2 is 2.00 bits per heavy atom. The van der Waals surface area contributed by atoms with Crippen LogP contribution in [-0.4, -0.2) is 38.6 Å². The molecular weight excluding hydrogens is 392 g/mol. The number of ether oxygens (including phenoxy) is 1. The number of carbonyl (C=O) groups is 1. The van der Waals surface area contributed by atoms with Crippen LogP contribution in [0, 0.1) is 6.92 Å². The van der Waals surface area contributed by atoms with Gasteiger partial charge in [-0.25, -0.2) is 15.0 Å². The minimum atomic E-state index is -3.15. The van der Waals surface area contributed by atoms with Crippen LogP contribution in [0.1, 0.15) is 44.2 Å². The van der Waals surface area contributed by atoms with Gasteiger partial charge in [-0.3, -0.25) is 4.79 Å². The number of aromatic nitrogens is 4. The van der Waals surface area contributed by atoms with Crippen molar-refractivity contribution in [2.75, 3.05) is 18.5 Å². The van der Waals surface area contributed by atoms with Crippen molar-refractivity contribution in [3.05, 3.63) is 36.0 Å². The first-order chi connectivity index (χ1) is 14.2. The van der Waals surface area contributed by atoms with Crippen molar-refractivity contribution in [2.45, 2.75) is 45.6 Å². The summed E-state index contributed by atoms with van der Waals surface area (Å²) in [5, 5.41) is 3.46. The van der Waals surface area contributed by atoms with Crippen LogP contribution in [0.3, 0.4) is 0 Å². The molecular formula is C21H23F2N5O2. The van der Waals surface area contributed by atoms with Gasteiger partial charge in [-0.1, -0.05) is 0 Å². The van der Waals surface area contributed by atoms with Gasteiger partial charge in [0.2, 0.25) is 5.91 Å². The molecule has 4 rings (SSSR count). The average molecular weight is 415 g/mol. The SMILES string of the molecule is CC(=O)Nc1cc2c(-c3cc(C)nc(C(C)(F)F)n3)cn(C3CCOCC3)c2cn1. The molecule has 0 radical (unpaired) electrons. The van der Waals surface area contributed by atoms with Crippen molar-refractivity contribution in [1.29, 1.82) is 0 Å². The number of nitrogens with zero attached hydrogens (tertiary/aromatic N) is 4. The van der Waals surface area contributed by atoms with E-state index in [9.17, 15) is 13.6 Å². The second kappa shape index (κ2) is 7.71. The predicted molar refractivity (Wildman–Crippen MR) is 108 cm³/mol. The monoisotopic (exact) mass is 415 g/mol. The molecule has 1 amide bonds. The molecule has 30 heavy (non-hydrogen) atoms. The van der Waals surface area contributed by atoms with Crippen LogP contribution in [0.4, 0.5) is 14.6 Å². The smallest absolute Gasteiger partial charge is 0.303 e. The Hall–Kier alpha value is -2.94. The summed E-state index contributed by atoms with van der Waals surface area (Å²) in [4.78, 5) is 23.9. The normalized spacial score (nSPS) is 15.5. The fourth-order valence-corrected chi connectivity index (χ4v) is 3.77. The zero-order chi connectivity index (χ0) is 21.5. The Morgan fingerprint density at radius 1 is 1.27 bits per heavy atom. The molecule has 0 spiro atoms. The lowest BCUT2D eigenvalue weighted by Crippen LogP contribution is -2.19. The van der Waals surface area contributed by atoms with Gasteiger partial charge >= 0.3 is 5.92 Å². The number of rotatable bonds is 4. The van der Waals surface area contributed by atoms with E-state index in [1.807, 2.05) is 6.20 Å². The van der Waals surface area contributed by atoms with Crippen molar-refractivity contribution in [3.8, 4) is 11.3 Å². The lowest BCUT2D eigenvalue weighted by atomic mass is 10.1. The average Bonchev–Trinajstić information content (AvgIpc) is 3.06. The predicted octanol–water partition coefficient (Wildman–Crippen LogP) is 4.22. The van der Waals surface area contributed by atoms with E-state index in [0.717, 1.165) is 30.7 Å². The molecule has 7 nitrogen and oxygen atoms in total. The van der Waals surface area contributed by atoms with Crippen molar-refractivity contribution < 1.29 is 18.3 Å². The summed E-state index contributed by atoms with van der Waals surface area (Å²) in [5.41, 5.74) is 2.42. The van der Waals surface area contributed by atoms with E-state index in [1.54, 1.807) is 25.3 Å². The fraction of sp³-hybridized carbons (Fsp3) is 0.429. The Balaban J connectivity index is 1.91. The van der Waals surface area contributed by atoms with Gasteiger partial charge in [-0.2, -0.15) is 8.78 Å². The molecule has 0 aliphatic carbocycles. The summed E-state index contributed by atoms with van der Waals surface area (Å²) in [5.74, 6) is -3.51. The topological polar surface area (TPSA) is 81.9 Å². The number of halogens is 2. The second-order valence-corrected chi connectivity index (χ2v) is 7.67. The molecule has 158 valence electrons. The molecule has 1 fully saturated rings. The lowest BCUT2D eigenvalue weighted by molar-refractivity contribution is -0.114. The van der Waals surface area contributed by atoms with Gasteiger partial charge in [0.05, 0.1) is 17.4 Å². The minimum absolute atomic E-state index is 0.207. The molecule has 0 saturated carbocycles. The summed E-state index contributed by atoms with van der Waals surface area (Å²) in [6.45, 7) is 5.19. The summed E-state index contributed by atoms with van der Waals surface area (Å²) < 4.78 is 35.5. The van der Waals surface area contributed by atoms with Gasteiger partial charge in [-0.05, 0) is 31.9 Å². The van der Waals surface area contributed by atoms with Crippen LogP contribution >= 0.6 is 0 Å². The summed E-state index contributed by atoms with van der Waals surface area (Å²) in [6, 6.07) is 3.65. The Morgan fingerprint density at radius 3 is 2.67 bits per heavy atom. The van der Waals surface area contributed by atoms with Crippen molar-refractivity contribution >= 4 is 22.6 Å². The molecule has 0 aromatic carbocycles. The number of hydrogen-bond acceptors (Lipinski definition) is 5. The van der Waals surface area contributed by atoms with E-state index in [4.69, 9.17) is 4.74 Å². The van der Waals surface area contributed by atoms with Crippen LogP contribution < -0.4 is 5.32 Å². The van der Waals surface area contributed by atoms with E-state index in [2.05, 4.69) is 24.8 Å². The maximum Gasteiger partial charge on any atom is 0.303 e. The summed E-state index contributed by atoms with van der Waals surface area (Å²) in [6.07, 6.45) is 5.32. The van der Waals surface area contributed by atoms with E-state index in [1.165, 1.54) is 6.92 Å². The van der Waals surface area contributed by atoms with Crippen LogP contribution in [0.2, 0.25) is 0 Å². The number of fused-ring (bicyclic) bond motifs is 1. The number of carbonyl (C=O) groups excluding carboxylic acids is 1. The van der Waals surface area contributed by atoms with Crippen LogP contribution in [0.5, 0.6) is 0 Å². The zero-order valence-corrected chi connectivity index (χ0v) is 17.1. The minimum Gasteiger partial charge on any atom is -0.381 e. The number of anilines is 1. The first-order valence-electron chi connectivity index (χ1n) is 9.82. The van der Waals surface area contributed by atoms with Gasteiger partial charge < -0.3 is 14.6 Å². The molecule has 9 heteroatoms. The highest BCUT2D eigenvalue weighted by molar-refractivity contribution is 5.98. The van der Waals surface area contributed by atoms with Crippen LogP contribution in [0.25, 0.3) is 22.2 Å². The maximum absolute atomic E-state index is 13.9. The maximum atomic E-state index is 13.9. The molecule has 1 aliphatic heterocycles. The first-order valence-corrected chi connectivity index (χ1v) is 9.82. The Labute approximate surface area is 172 Å². The molecule has 1 aliphatic rings. The van der Waals surface area contributed by atoms with Crippen molar-refractivity contribution in [3.63, 3.8) is 0 Å². The molecule has 4 heterocycles. The number of aryl methyl sites for hydroxylation is 1. The standard InChI is InChI=1S/C21H23F2N5O2/c1-12-8-17(27-20(25-12)21(3,22)23)16-11-28(14-4-6-30-7-5-14)18-10-24-19(9-15(16)18)26-13(2)29/h8-11,14H,4-7H2,1-3H3,(H,24,26,29). The number of amides is 1. The Kier molecular flexibility index (Phi) is 5.23. The van der Waals surface area contributed by atoms with Gasteiger partial charge in [0, 0.05) is 55.9 Å². The van der Waals surface area contributed by atoms with Crippen molar-refractivity contribution in [1.82, 2.24) is 19.5 Å². The van der Waals surface area contributed by atoms with Gasteiger partial charge in [0.1, 0.15) is 5.82 Å². The molecule has 0 unspecified atom stereocenters. The Bertz CT molecular complexity index is 1100. The number of pyridine rings is 1. The summed E-state index contributed by atoms with van der Waals surface area (Å²) in [7, 11) is 0. The lowest BCUT2D eigenvalue weighted by Gasteiger charge is -2.24. The molecule has 0 atom stereocenters. The highest BCUT2D eigenvalue weighted by Gasteiger charge is 2.30. The van der Waals surface area contributed by atoms with Gasteiger partial charge in [-0.15, -0.1) is 0 Å². The third kappa shape index (κ3) is 4.02. The molecule has 0 bridgehead atoms. The van der Waals surface area contributed by atoms with E-state index in [0.29, 0.717) is 36.0 Å². The third-order valence-corrected chi connectivity index (χ3v) is 5.13. The first kappa shape index (κ1) is 20.3. The fourth-order valence-electron chi connectivity index (χ4n) is 3.77. The number of nitrogens with one attached hydrogen (secondary N) is 1. The third-order valence-electron chi connectivity index (χ3n) is 5.13. The van der Waals surface area contributed by atoms with Crippen molar-refractivity contribution in [2.24, 2.45) is 0 Å². The molecule has 3 aromatic rings. The van der Waals surface area contributed by atoms with Crippen LogP contribution in [0.15, 0.2) is 24.5 Å². The number of alkyl halides is 2. The molecule has 1 saturated heterocycles. The highest BCUT2D eigenvalue weighted by atomic mass is 19.3. The van der Waals surface area contributed by atoms with Crippen LogP contribution in [-0.2, 0) is 15.5 Å². The molecule has 1 N–H and O–H groups in total. The van der Waals surface area contributed by atoms with E-state index < -0.39 is 11.7 Å². The van der Waals surface area contributed by atoms with E-state index in [-0.39, 0.29) is 11.9 Å². The highest BCUT2D eigenvalue weighted by Crippen LogP contribution is 2.36. The van der Waals surface area contributed by atoms with Gasteiger partial charge in [0.15, 0.2) is 5.82 Å². The van der Waals surface area contributed by atoms with E-state index >= 15 is 0 Å². The number of hydrogen-bond donors (Lipinski definition) is 1.